The van der Waals surface area contributed by atoms with E-state index in [0.717, 1.165) is 56.6 Å². The molecule has 28 heavy (non-hydrogen) atoms. The number of sulfonamides is 1. The second-order valence-corrected chi connectivity index (χ2v) is 10.3. The second kappa shape index (κ2) is 8.42. The lowest BCUT2D eigenvalue weighted by molar-refractivity contribution is 0.0978. The van der Waals surface area contributed by atoms with Gasteiger partial charge in [0.2, 0.25) is 10.0 Å². The van der Waals surface area contributed by atoms with Crippen LogP contribution in [-0.2, 0) is 10.0 Å². The summed E-state index contributed by atoms with van der Waals surface area (Å²) in [6.07, 6.45) is 4.99. The van der Waals surface area contributed by atoms with E-state index >= 15 is 0 Å². The Labute approximate surface area is 170 Å². The molecule has 1 aromatic rings. The van der Waals surface area contributed by atoms with Crippen molar-refractivity contribution in [2.75, 3.05) is 43.4 Å². The van der Waals surface area contributed by atoms with Gasteiger partial charge in [0.05, 0.1) is 17.0 Å². The number of nitrogens with zero attached hydrogens (tertiary/aromatic N) is 3. The highest BCUT2D eigenvalue weighted by molar-refractivity contribution is 8.14. The van der Waals surface area contributed by atoms with E-state index in [9.17, 15) is 13.2 Å². The smallest absolute Gasteiger partial charge is 0.259 e. The molecule has 3 aliphatic rings. The fraction of sp³-hybridized carbons (Fsp3) is 0.579. The highest BCUT2D eigenvalue weighted by Gasteiger charge is 2.29. The van der Waals surface area contributed by atoms with Gasteiger partial charge in [-0.05, 0) is 43.9 Å². The van der Waals surface area contributed by atoms with Crippen LogP contribution in [0.2, 0.25) is 0 Å². The normalized spacial score (nSPS) is 21.0. The number of carbonyl (C=O) groups excluding carboxylic acids is 1. The molecule has 0 aromatic heterocycles. The molecule has 9 heteroatoms. The Morgan fingerprint density at radius 1 is 1.04 bits per heavy atom. The zero-order chi connectivity index (χ0) is 19.6. The minimum atomic E-state index is -3.59. The summed E-state index contributed by atoms with van der Waals surface area (Å²) in [6.45, 7) is 3.56. The minimum Gasteiger partial charge on any atom is -0.371 e. The molecule has 7 nitrogen and oxygen atoms in total. The standard InChI is InChI=1S/C19H26N4O3S2/c24-18(21-19-20-8-13-27-19)16-14-15(6-7-17(16)22-9-4-5-10-22)28(25,26)23-11-2-1-3-12-23/h6-7,14H,1-5,8-13H2,(H,20,21,24). The lowest BCUT2D eigenvalue weighted by Gasteiger charge is -2.27. The van der Waals surface area contributed by atoms with Crippen molar-refractivity contribution in [2.24, 2.45) is 4.99 Å². The average molecular weight is 423 g/mol. The summed E-state index contributed by atoms with van der Waals surface area (Å²) >= 11 is 1.51. The van der Waals surface area contributed by atoms with Crippen LogP contribution in [0.1, 0.15) is 42.5 Å². The minimum absolute atomic E-state index is 0.198. The summed E-state index contributed by atoms with van der Waals surface area (Å²) in [7, 11) is -3.59. The predicted molar refractivity (Wildman–Crippen MR) is 113 cm³/mol. The maximum Gasteiger partial charge on any atom is 0.259 e. The van der Waals surface area contributed by atoms with E-state index < -0.39 is 10.0 Å². The first-order valence-electron chi connectivity index (χ1n) is 9.93. The number of thioether (sulfide) groups is 1. The number of aliphatic imine (C=N–C) groups is 1. The molecule has 0 aliphatic carbocycles. The molecular weight excluding hydrogens is 396 g/mol. The molecule has 1 amide bonds. The van der Waals surface area contributed by atoms with Gasteiger partial charge in [-0.15, -0.1) is 0 Å². The van der Waals surface area contributed by atoms with Gasteiger partial charge in [0.1, 0.15) is 0 Å². The lowest BCUT2D eigenvalue weighted by atomic mass is 10.1. The van der Waals surface area contributed by atoms with Gasteiger partial charge in [0, 0.05) is 37.6 Å². The van der Waals surface area contributed by atoms with E-state index in [1.165, 1.54) is 11.8 Å². The molecule has 2 fully saturated rings. The number of carbonyl (C=O) groups is 1. The lowest BCUT2D eigenvalue weighted by Crippen LogP contribution is -2.36. The molecule has 0 atom stereocenters. The van der Waals surface area contributed by atoms with Crippen molar-refractivity contribution in [3.8, 4) is 0 Å². The number of anilines is 1. The predicted octanol–water partition coefficient (Wildman–Crippen LogP) is 2.29. The molecule has 1 aromatic carbocycles. The van der Waals surface area contributed by atoms with Crippen molar-refractivity contribution in [1.82, 2.24) is 9.62 Å². The number of nitrogens with one attached hydrogen (secondary N) is 1. The number of piperidine rings is 1. The van der Waals surface area contributed by atoms with Gasteiger partial charge in [-0.1, -0.05) is 18.2 Å². The summed E-state index contributed by atoms with van der Waals surface area (Å²) in [5, 5.41) is 3.47. The van der Waals surface area contributed by atoms with Crippen LogP contribution in [0.4, 0.5) is 5.69 Å². The van der Waals surface area contributed by atoms with E-state index in [-0.39, 0.29) is 10.8 Å². The van der Waals surface area contributed by atoms with Crippen LogP contribution in [0.3, 0.4) is 0 Å². The van der Waals surface area contributed by atoms with E-state index in [2.05, 4.69) is 15.2 Å². The Bertz CT molecular complexity index is 873. The van der Waals surface area contributed by atoms with Crippen LogP contribution in [-0.4, -0.2) is 62.3 Å². The number of benzene rings is 1. The van der Waals surface area contributed by atoms with Crippen LogP contribution in [0.5, 0.6) is 0 Å². The molecule has 0 saturated carbocycles. The number of rotatable bonds is 4. The number of amides is 1. The van der Waals surface area contributed by atoms with Crippen LogP contribution in [0, 0.1) is 0 Å². The van der Waals surface area contributed by atoms with Gasteiger partial charge < -0.3 is 10.2 Å². The van der Waals surface area contributed by atoms with Gasteiger partial charge in [0.25, 0.3) is 5.91 Å². The molecule has 0 spiro atoms. The van der Waals surface area contributed by atoms with Crippen molar-refractivity contribution in [3.63, 3.8) is 0 Å². The fourth-order valence-electron chi connectivity index (χ4n) is 3.92. The largest absolute Gasteiger partial charge is 0.371 e. The molecule has 3 aliphatic heterocycles. The zero-order valence-electron chi connectivity index (χ0n) is 15.9. The summed E-state index contributed by atoms with van der Waals surface area (Å²) in [4.78, 5) is 19.6. The summed E-state index contributed by atoms with van der Waals surface area (Å²) in [5.41, 5.74) is 1.21. The first-order chi connectivity index (χ1) is 13.6. The van der Waals surface area contributed by atoms with Crippen molar-refractivity contribution in [3.05, 3.63) is 23.8 Å². The Balaban J connectivity index is 1.68. The SMILES string of the molecule is O=C(NC1=NCCS1)c1cc(S(=O)(=O)N2CCCCC2)ccc1N1CCCC1. The highest BCUT2D eigenvalue weighted by atomic mass is 32.2. The van der Waals surface area contributed by atoms with E-state index in [1.54, 1.807) is 22.5 Å². The Kier molecular flexibility index (Phi) is 5.93. The highest BCUT2D eigenvalue weighted by Crippen LogP contribution is 2.29. The number of hydrogen-bond donors (Lipinski definition) is 1. The molecule has 0 unspecified atom stereocenters. The van der Waals surface area contributed by atoms with Crippen LogP contribution in [0.25, 0.3) is 0 Å². The molecule has 1 N–H and O–H groups in total. The van der Waals surface area contributed by atoms with Crippen molar-refractivity contribution >= 4 is 38.5 Å². The Morgan fingerprint density at radius 2 is 1.75 bits per heavy atom. The maximum atomic E-state index is 13.1. The third-order valence-electron chi connectivity index (χ3n) is 5.42. The van der Waals surface area contributed by atoms with Gasteiger partial charge in [0.15, 0.2) is 5.17 Å². The summed E-state index contributed by atoms with van der Waals surface area (Å²) < 4.78 is 27.7. The average Bonchev–Trinajstić information content (AvgIpc) is 3.42. The Hall–Kier alpha value is -1.58. The van der Waals surface area contributed by atoms with Crippen LogP contribution in [0.15, 0.2) is 28.1 Å². The topological polar surface area (TPSA) is 82.1 Å². The van der Waals surface area contributed by atoms with Crippen molar-refractivity contribution in [2.45, 2.75) is 37.0 Å². The molecule has 0 radical (unpaired) electrons. The quantitative estimate of drug-likeness (QED) is 0.805. The van der Waals surface area contributed by atoms with Crippen molar-refractivity contribution < 1.29 is 13.2 Å². The van der Waals surface area contributed by atoms with Gasteiger partial charge in [-0.25, -0.2) is 8.42 Å². The summed E-state index contributed by atoms with van der Waals surface area (Å²) in [6, 6.07) is 4.99. The number of hydrogen-bond acceptors (Lipinski definition) is 6. The van der Waals surface area contributed by atoms with E-state index in [0.29, 0.717) is 30.4 Å². The molecule has 0 bridgehead atoms. The monoisotopic (exact) mass is 422 g/mol. The molecule has 4 rings (SSSR count). The Morgan fingerprint density at radius 3 is 2.43 bits per heavy atom. The summed E-state index contributed by atoms with van der Waals surface area (Å²) in [5.74, 6) is 0.573. The van der Waals surface area contributed by atoms with Gasteiger partial charge in [-0.2, -0.15) is 4.31 Å². The van der Waals surface area contributed by atoms with E-state index in [4.69, 9.17) is 0 Å². The molecule has 3 heterocycles. The van der Waals surface area contributed by atoms with Gasteiger partial charge in [-0.3, -0.25) is 9.79 Å². The number of amidine groups is 1. The molecule has 2 saturated heterocycles. The van der Waals surface area contributed by atoms with Crippen molar-refractivity contribution in [1.29, 1.82) is 0 Å². The third-order valence-corrected chi connectivity index (χ3v) is 8.20. The van der Waals surface area contributed by atoms with Crippen LogP contribution >= 0.6 is 11.8 Å². The fourth-order valence-corrected chi connectivity index (χ4v) is 6.19. The first-order valence-corrected chi connectivity index (χ1v) is 12.4. The molecular formula is C19H26N4O3S2. The van der Waals surface area contributed by atoms with Gasteiger partial charge >= 0.3 is 0 Å². The maximum absolute atomic E-state index is 13.1. The zero-order valence-corrected chi connectivity index (χ0v) is 17.5. The molecule has 152 valence electrons. The van der Waals surface area contributed by atoms with Crippen LogP contribution < -0.4 is 10.2 Å². The first kappa shape index (κ1) is 19.7. The third kappa shape index (κ3) is 4.06. The second-order valence-electron chi connectivity index (χ2n) is 7.33. The van der Waals surface area contributed by atoms with E-state index in [1.807, 2.05) is 0 Å².